The fraction of sp³-hybridized carbons (Fsp3) is 0.571. The van der Waals surface area contributed by atoms with Gasteiger partial charge in [0.1, 0.15) is 5.82 Å². The molecular formula is C14H17ClFN. The van der Waals surface area contributed by atoms with Crippen molar-refractivity contribution in [1.29, 1.82) is 0 Å². The highest BCUT2D eigenvalue weighted by Crippen LogP contribution is 2.48. The minimum Gasteiger partial charge on any atom is -0.381 e. The maximum absolute atomic E-state index is 13.6. The summed E-state index contributed by atoms with van der Waals surface area (Å²) in [6.07, 6.45) is 5.46. The Morgan fingerprint density at radius 2 is 2.18 bits per heavy atom. The zero-order chi connectivity index (χ0) is 11.8. The fourth-order valence-corrected chi connectivity index (χ4v) is 3.76. The number of benzene rings is 1. The molecule has 17 heavy (non-hydrogen) atoms. The van der Waals surface area contributed by atoms with E-state index in [1.807, 2.05) is 0 Å². The Balaban J connectivity index is 1.64. The first kappa shape index (κ1) is 11.3. The SMILES string of the molecule is Fc1cccc(Cl)c1NCC1CC2CCC1C2. The number of fused-ring (bicyclic) bond motifs is 2. The Kier molecular flexibility index (Phi) is 2.99. The number of anilines is 1. The number of para-hydroxylation sites is 1. The molecule has 0 radical (unpaired) electrons. The zero-order valence-corrected chi connectivity index (χ0v) is 10.5. The summed E-state index contributed by atoms with van der Waals surface area (Å²) < 4.78 is 13.6. The number of hydrogen-bond donors (Lipinski definition) is 1. The number of halogens is 2. The Morgan fingerprint density at radius 3 is 2.82 bits per heavy atom. The smallest absolute Gasteiger partial charge is 0.147 e. The summed E-state index contributed by atoms with van der Waals surface area (Å²) in [7, 11) is 0. The van der Waals surface area contributed by atoms with Crippen LogP contribution in [0.1, 0.15) is 25.7 Å². The third-order valence-corrected chi connectivity index (χ3v) is 4.70. The molecule has 2 aliphatic carbocycles. The van der Waals surface area contributed by atoms with Crippen LogP contribution in [-0.4, -0.2) is 6.54 Å². The van der Waals surface area contributed by atoms with Crippen molar-refractivity contribution in [3.63, 3.8) is 0 Å². The van der Waals surface area contributed by atoms with Crippen LogP contribution in [0.15, 0.2) is 18.2 Å². The van der Waals surface area contributed by atoms with Gasteiger partial charge in [-0.2, -0.15) is 0 Å². The molecule has 1 aromatic carbocycles. The fourth-order valence-electron chi connectivity index (χ4n) is 3.53. The summed E-state index contributed by atoms with van der Waals surface area (Å²) in [5.74, 6) is 2.26. The van der Waals surface area contributed by atoms with Crippen molar-refractivity contribution >= 4 is 17.3 Å². The van der Waals surface area contributed by atoms with Gasteiger partial charge in [-0.3, -0.25) is 0 Å². The van der Waals surface area contributed by atoms with Crippen LogP contribution in [0, 0.1) is 23.6 Å². The Hall–Kier alpha value is -0.760. The molecule has 0 aliphatic heterocycles. The predicted molar refractivity (Wildman–Crippen MR) is 68.8 cm³/mol. The lowest BCUT2D eigenvalue weighted by molar-refractivity contribution is 0.348. The van der Waals surface area contributed by atoms with Crippen molar-refractivity contribution in [2.75, 3.05) is 11.9 Å². The molecule has 1 aromatic rings. The summed E-state index contributed by atoms with van der Waals surface area (Å²) in [4.78, 5) is 0. The van der Waals surface area contributed by atoms with Crippen LogP contribution in [0.3, 0.4) is 0 Å². The minimum absolute atomic E-state index is 0.249. The van der Waals surface area contributed by atoms with Crippen LogP contribution < -0.4 is 5.32 Å². The number of rotatable bonds is 3. The number of hydrogen-bond acceptors (Lipinski definition) is 1. The molecule has 0 aromatic heterocycles. The van der Waals surface area contributed by atoms with Gasteiger partial charge >= 0.3 is 0 Å². The van der Waals surface area contributed by atoms with Crippen LogP contribution in [0.2, 0.25) is 5.02 Å². The summed E-state index contributed by atoms with van der Waals surface area (Å²) >= 11 is 5.99. The average molecular weight is 254 g/mol. The predicted octanol–water partition coefficient (Wildman–Crippen LogP) is 4.33. The van der Waals surface area contributed by atoms with Gasteiger partial charge in [-0.05, 0) is 49.1 Å². The molecule has 1 N–H and O–H groups in total. The van der Waals surface area contributed by atoms with Crippen molar-refractivity contribution in [1.82, 2.24) is 0 Å². The lowest BCUT2D eigenvalue weighted by atomic mass is 9.89. The molecule has 0 saturated heterocycles. The first-order chi connectivity index (χ1) is 8.24. The quantitative estimate of drug-likeness (QED) is 0.846. The third kappa shape index (κ3) is 2.15. The topological polar surface area (TPSA) is 12.0 Å². The summed E-state index contributed by atoms with van der Waals surface area (Å²) in [6.45, 7) is 0.863. The standard InChI is InChI=1S/C14H17ClFN/c15-12-2-1-3-13(16)14(12)17-8-11-7-9-4-5-10(11)6-9/h1-3,9-11,17H,4-8H2. The molecule has 0 spiro atoms. The van der Waals surface area contributed by atoms with Gasteiger partial charge in [0, 0.05) is 6.54 Å². The maximum atomic E-state index is 13.6. The highest BCUT2D eigenvalue weighted by molar-refractivity contribution is 6.33. The molecule has 92 valence electrons. The molecule has 3 heteroatoms. The summed E-state index contributed by atoms with van der Waals surface area (Å²) in [5.41, 5.74) is 0.469. The molecule has 2 bridgehead atoms. The van der Waals surface area contributed by atoms with Crippen LogP contribution in [0.25, 0.3) is 0 Å². The first-order valence-corrected chi connectivity index (χ1v) is 6.79. The summed E-state index contributed by atoms with van der Waals surface area (Å²) in [6, 6.07) is 4.82. The molecular weight excluding hydrogens is 237 g/mol. The van der Waals surface area contributed by atoms with Crippen LogP contribution in [-0.2, 0) is 0 Å². The van der Waals surface area contributed by atoms with E-state index in [0.29, 0.717) is 16.6 Å². The van der Waals surface area contributed by atoms with Gasteiger partial charge in [0.25, 0.3) is 0 Å². The lowest BCUT2D eigenvalue weighted by Gasteiger charge is -2.22. The maximum Gasteiger partial charge on any atom is 0.147 e. The number of nitrogens with one attached hydrogen (secondary N) is 1. The van der Waals surface area contributed by atoms with Gasteiger partial charge in [-0.15, -0.1) is 0 Å². The van der Waals surface area contributed by atoms with E-state index < -0.39 is 0 Å². The van der Waals surface area contributed by atoms with Crippen molar-refractivity contribution in [3.8, 4) is 0 Å². The third-order valence-electron chi connectivity index (χ3n) is 4.39. The van der Waals surface area contributed by atoms with Crippen LogP contribution >= 0.6 is 11.6 Å². The first-order valence-electron chi connectivity index (χ1n) is 6.42. The largest absolute Gasteiger partial charge is 0.381 e. The van der Waals surface area contributed by atoms with Crippen molar-refractivity contribution in [2.24, 2.45) is 17.8 Å². The molecule has 3 atom stereocenters. The van der Waals surface area contributed by atoms with Gasteiger partial charge in [0.15, 0.2) is 0 Å². The Labute approximate surface area is 106 Å². The van der Waals surface area contributed by atoms with E-state index in [9.17, 15) is 4.39 Å². The zero-order valence-electron chi connectivity index (χ0n) is 9.76. The monoisotopic (exact) mass is 253 g/mol. The highest BCUT2D eigenvalue weighted by atomic mass is 35.5. The van der Waals surface area contributed by atoms with Gasteiger partial charge in [0.2, 0.25) is 0 Å². The van der Waals surface area contributed by atoms with Crippen LogP contribution in [0.4, 0.5) is 10.1 Å². The molecule has 3 unspecified atom stereocenters. The summed E-state index contributed by atoms with van der Waals surface area (Å²) in [5, 5.41) is 3.68. The van der Waals surface area contributed by atoms with E-state index in [-0.39, 0.29) is 5.82 Å². The second kappa shape index (κ2) is 4.49. The molecule has 2 saturated carbocycles. The van der Waals surface area contributed by atoms with Crippen molar-refractivity contribution in [2.45, 2.75) is 25.7 Å². The molecule has 0 amide bonds. The molecule has 2 aliphatic rings. The Morgan fingerprint density at radius 1 is 1.29 bits per heavy atom. The van der Waals surface area contributed by atoms with Gasteiger partial charge in [-0.1, -0.05) is 24.1 Å². The second-order valence-electron chi connectivity index (χ2n) is 5.41. The highest BCUT2D eigenvalue weighted by Gasteiger charge is 2.39. The van der Waals surface area contributed by atoms with E-state index in [4.69, 9.17) is 11.6 Å². The molecule has 3 rings (SSSR count). The van der Waals surface area contributed by atoms with E-state index in [1.165, 1.54) is 31.7 Å². The minimum atomic E-state index is -0.249. The molecule has 2 fully saturated rings. The average Bonchev–Trinajstić information content (AvgIpc) is 2.90. The van der Waals surface area contributed by atoms with Crippen molar-refractivity contribution in [3.05, 3.63) is 29.0 Å². The van der Waals surface area contributed by atoms with Gasteiger partial charge in [-0.25, -0.2) is 4.39 Å². The van der Waals surface area contributed by atoms with E-state index in [2.05, 4.69) is 5.32 Å². The van der Waals surface area contributed by atoms with Gasteiger partial charge in [0.05, 0.1) is 10.7 Å². The lowest BCUT2D eigenvalue weighted by Crippen LogP contribution is -2.20. The Bertz CT molecular complexity index is 400. The van der Waals surface area contributed by atoms with E-state index >= 15 is 0 Å². The second-order valence-corrected chi connectivity index (χ2v) is 5.82. The van der Waals surface area contributed by atoms with E-state index in [0.717, 1.165) is 18.4 Å². The van der Waals surface area contributed by atoms with Crippen molar-refractivity contribution < 1.29 is 4.39 Å². The molecule has 1 nitrogen and oxygen atoms in total. The molecule has 0 heterocycles. The van der Waals surface area contributed by atoms with Gasteiger partial charge < -0.3 is 5.32 Å². The van der Waals surface area contributed by atoms with E-state index in [1.54, 1.807) is 12.1 Å². The van der Waals surface area contributed by atoms with Crippen LogP contribution in [0.5, 0.6) is 0 Å². The normalized spacial score (nSPS) is 30.8.